The third-order valence-corrected chi connectivity index (χ3v) is 5.46. The molecule has 0 bridgehead atoms. The van der Waals surface area contributed by atoms with Crippen molar-refractivity contribution in [2.75, 3.05) is 45.1 Å². The minimum absolute atomic E-state index is 0.153. The third-order valence-electron chi connectivity index (χ3n) is 3.58. The van der Waals surface area contributed by atoms with Gasteiger partial charge in [-0.3, -0.25) is 4.90 Å². The Morgan fingerprint density at radius 1 is 1.14 bits per heavy atom. The second kappa shape index (κ2) is 7.20. The first-order valence-electron chi connectivity index (χ1n) is 7.10. The lowest BCUT2D eigenvalue weighted by molar-refractivity contribution is 0.159. The van der Waals surface area contributed by atoms with Gasteiger partial charge < -0.3 is 4.74 Å². The molecule has 0 spiro atoms. The zero-order valence-electron chi connectivity index (χ0n) is 12.2. The summed E-state index contributed by atoms with van der Waals surface area (Å²) in [5, 5.41) is 0. The largest absolute Gasteiger partial charge is 0.492 e. The Labute approximate surface area is 125 Å². The molecule has 0 radical (unpaired) electrons. The predicted octanol–water partition coefficient (Wildman–Crippen LogP) is 1.17. The summed E-state index contributed by atoms with van der Waals surface area (Å²) in [6.45, 7) is 5.40. The Bertz CT molecular complexity index is 540. The maximum absolute atomic E-state index is 12.7. The van der Waals surface area contributed by atoms with Gasteiger partial charge in [-0.15, -0.1) is 0 Å². The summed E-state index contributed by atoms with van der Waals surface area (Å²) in [4.78, 5) is 2.17. The molecule has 2 rings (SSSR count). The van der Waals surface area contributed by atoms with Crippen LogP contribution in [0.4, 0.5) is 4.39 Å². The summed E-state index contributed by atoms with van der Waals surface area (Å²) in [5.41, 5.74) is 0. The fourth-order valence-corrected chi connectivity index (χ4v) is 3.32. The smallest absolute Gasteiger partial charge is 0.213 e. The molecular formula is C14H21FN2O3S. The number of benzene rings is 1. The zero-order chi connectivity index (χ0) is 15.3. The van der Waals surface area contributed by atoms with Crippen LogP contribution in [0.5, 0.6) is 5.75 Å². The van der Waals surface area contributed by atoms with Gasteiger partial charge >= 0.3 is 0 Å². The first-order chi connectivity index (χ1) is 10.0. The van der Waals surface area contributed by atoms with Crippen molar-refractivity contribution >= 4 is 10.0 Å². The molecule has 0 aromatic heterocycles. The summed E-state index contributed by atoms with van der Waals surface area (Å²) >= 11 is 0. The Morgan fingerprint density at radius 3 is 2.33 bits per heavy atom. The van der Waals surface area contributed by atoms with E-state index in [1.807, 2.05) is 0 Å². The van der Waals surface area contributed by atoms with Crippen molar-refractivity contribution in [1.82, 2.24) is 9.21 Å². The topological polar surface area (TPSA) is 49.9 Å². The lowest BCUT2D eigenvalue weighted by Crippen LogP contribution is -2.49. The van der Waals surface area contributed by atoms with Crippen LogP contribution in [0.3, 0.4) is 0 Å². The van der Waals surface area contributed by atoms with Crippen LogP contribution in [-0.2, 0) is 10.0 Å². The van der Waals surface area contributed by atoms with E-state index in [1.165, 1.54) is 12.1 Å². The molecule has 0 saturated carbocycles. The van der Waals surface area contributed by atoms with Crippen LogP contribution >= 0.6 is 0 Å². The van der Waals surface area contributed by atoms with Crippen LogP contribution in [0, 0.1) is 5.82 Å². The molecule has 1 aliphatic heterocycles. The van der Waals surface area contributed by atoms with E-state index in [9.17, 15) is 12.8 Å². The molecule has 21 heavy (non-hydrogen) atoms. The van der Waals surface area contributed by atoms with Gasteiger partial charge in [-0.1, -0.05) is 0 Å². The molecule has 5 nitrogen and oxygen atoms in total. The highest BCUT2D eigenvalue weighted by atomic mass is 32.2. The van der Waals surface area contributed by atoms with E-state index < -0.39 is 10.0 Å². The molecule has 0 atom stereocenters. The molecule has 0 aliphatic carbocycles. The minimum atomic E-state index is -3.07. The summed E-state index contributed by atoms with van der Waals surface area (Å²) in [6.07, 6.45) is 0. The number of hydrogen-bond donors (Lipinski definition) is 0. The van der Waals surface area contributed by atoms with Crippen LogP contribution in [0.1, 0.15) is 6.92 Å². The van der Waals surface area contributed by atoms with Gasteiger partial charge in [-0.05, 0) is 31.2 Å². The maximum Gasteiger partial charge on any atom is 0.213 e. The second-order valence-corrected chi connectivity index (χ2v) is 7.20. The van der Waals surface area contributed by atoms with Gasteiger partial charge in [-0.25, -0.2) is 12.8 Å². The first-order valence-corrected chi connectivity index (χ1v) is 8.71. The number of halogens is 1. The number of nitrogens with zero attached hydrogens (tertiary/aromatic N) is 2. The van der Waals surface area contributed by atoms with Gasteiger partial charge in [-0.2, -0.15) is 4.31 Å². The summed E-state index contributed by atoms with van der Waals surface area (Å²) in [5.74, 6) is 0.514. The van der Waals surface area contributed by atoms with E-state index in [2.05, 4.69) is 4.90 Å². The predicted molar refractivity (Wildman–Crippen MR) is 79.4 cm³/mol. The van der Waals surface area contributed by atoms with Crippen molar-refractivity contribution in [2.45, 2.75) is 6.92 Å². The monoisotopic (exact) mass is 316 g/mol. The summed E-state index contributed by atoms with van der Waals surface area (Å²) in [7, 11) is -3.07. The average Bonchev–Trinajstić information content (AvgIpc) is 2.50. The molecule has 0 unspecified atom stereocenters. The van der Waals surface area contributed by atoms with Crippen molar-refractivity contribution < 1.29 is 17.5 Å². The summed E-state index contributed by atoms with van der Waals surface area (Å²) < 4.78 is 43.3. The maximum atomic E-state index is 12.7. The van der Waals surface area contributed by atoms with Crippen molar-refractivity contribution in [1.29, 1.82) is 0 Å². The van der Waals surface area contributed by atoms with E-state index in [4.69, 9.17) is 4.74 Å². The van der Waals surface area contributed by atoms with E-state index in [0.29, 0.717) is 38.5 Å². The zero-order valence-corrected chi connectivity index (χ0v) is 13.0. The van der Waals surface area contributed by atoms with Crippen molar-refractivity contribution in [3.8, 4) is 5.75 Å². The highest BCUT2D eigenvalue weighted by Crippen LogP contribution is 2.12. The lowest BCUT2D eigenvalue weighted by Gasteiger charge is -2.33. The van der Waals surface area contributed by atoms with Gasteiger partial charge in [0.15, 0.2) is 0 Å². The number of sulfonamides is 1. The fraction of sp³-hybridized carbons (Fsp3) is 0.571. The van der Waals surface area contributed by atoms with Crippen LogP contribution in [0.25, 0.3) is 0 Å². The first kappa shape index (κ1) is 16.2. The van der Waals surface area contributed by atoms with Crippen molar-refractivity contribution in [2.24, 2.45) is 0 Å². The third kappa shape index (κ3) is 4.66. The quantitative estimate of drug-likeness (QED) is 0.790. The highest BCUT2D eigenvalue weighted by Gasteiger charge is 2.25. The Balaban J connectivity index is 1.71. The van der Waals surface area contributed by atoms with Crippen LogP contribution in [0.15, 0.2) is 24.3 Å². The molecule has 1 heterocycles. The molecular weight excluding hydrogens is 295 g/mol. The highest BCUT2D eigenvalue weighted by molar-refractivity contribution is 7.89. The van der Waals surface area contributed by atoms with Crippen LogP contribution in [0.2, 0.25) is 0 Å². The minimum Gasteiger partial charge on any atom is -0.492 e. The number of piperazine rings is 1. The summed E-state index contributed by atoms with van der Waals surface area (Å²) in [6, 6.07) is 5.93. The molecule has 0 amide bonds. The van der Waals surface area contributed by atoms with E-state index in [-0.39, 0.29) is 11.6 Å². The molecule has 1 aromatic carbocycles. The lowest BCUT2D eigenvalue weighted by atomic mass is 10.3. The standard InChI is InChI=1S/C14H21FN2O3S/c1-2-21(18,19)17-9-7-16(8-10-17)11-12-20-14-5-3-13(15)4-6-14/h3-6H,2,7-12H2,1H3. The molecule has 7 heteroatoms. The van der Waals surface area contributed by atoms with Crippen molar-refractivity contribution in [3.63, 3.8) is 0 Å². The normalized spacial score (nSPS) is 17.8. The molecule has 118 valence electrons. The van der Waals surface area contributed by atoms with Gasteiger partial charge in [0.25, 0.3) is 0 Å². The van der Waals surface area contributed by atoms with Gasteiger partial charge in [0.2, 0.25) is 10.0 Å². The van der Waals surface area contributed by atoms with E-state index in [1.54, 1.807) is 23.4 Å². The van der Waals surface area contributed by atoms with Gasteiger partial charge in [0.1, 0.15) is 18.2 Å². The van der Waals surface area contributed by atoms with E-state index in [0.717, 1.165) is 6.54 Å². The average molecular weight is 316 g/mol. The van der Waals surface area contributed by atoms with Crippen molar-refractivity contribution in [3.05, 3.63) is 30.1 Å². The number of ether oxygens (including phenoxy) is 1. The van der Waals surface area contributed by atoms with Gasteiger partial charge in [0.05, 0.1) is 5.75 Å². The number of hydrogen-bond acceptors (Lipinski definition) is 4. The molecule has 1 fully saturated rings. The van der Waals surface area contributed by atoms with Crippen LogP contribution in [-0.4, -0.2) is 62.7 Å². The Morgan fingerprint density at radius 2 is 1.76 bits per heavy atom. The second-order valence-electron chi connectivity index (χ2n) is 4.94. The van der Waals surface area contributed by atoms with E-state index >= 15 is 0 Å². The molecule has 1 aliphatic rings. The fourth-order valence-electron chi connectivity index (χ4n) is 2.24. The Kier molecular flexibility index (Phi) is 5.55. The van der Waals surface area contributed by atoms with Gasteiger partial charge in [0, 0.05) is 32.7 Å². The molecule has 1 aromatic rings. The SMILES string of the molecule is CCS(=O)(=O)N1CCN(CCOc2ccc(F)cc2)CC1. The Hall–Kier alpha value is -1.18. The molecule has 1 saturated heterocycles. The number of rotatable bonds is 6. The van der Waals surface area contributed by atoms with Crippen LogP contribution < -0.4 is 4.74 Å². The molecule has 0 N–H and O–H groups in total.